The molecule has 0 bridgehead atoms. The molecule has 0 radical (unpaired) electrons. The molecule has 2 aromatic rings. The van der Waals surface area contributed by atoms with Crippen LogP contribution in [0.4, 0.5) is 0 Å². The van der Waals surface area contributed by atoms with Crippen molar-refractivity contribution >= 4 is 10.9 Å². The first-order valence-electron chi connectivity index (χ1n) is 8.66. The summed E-state index contributed by atoms with van der Waals surface area (Å²) < 4.78 is 0. The van der Waals surface area contributed by atoms with E-state index >= 15 is 0 Å². The van der Waals surface area contributed by atoms with Gasteiger partial charge in [-0.3, -0.25) is 4.90 Å². The highest BCUT2D eigenvalue weighted by atomic mass is 16.3. The first-order chi connectivity index (χ1) is 10.6. The second-order valence-corrected chi connectivity index (χ2v) is 7.21. The van der Waals surface area contributed by atoms with Crippen LogP contribution in [0, 0.1) is 5.41 Å². The van der Waals surface area contributed by atoms with Crippen LogP contribution >= 0.6 is 0 Å². The smallest absolute Gasteiger partial charge is 0.0569 e. The van der Waals surface area contributed by atoms with E-state index in [0.29, 0.717) is 6.04 Å². The Bertz CT molecular complexity index is 690. The third-order valence-electron chi connectivity index (χ3n) is 6.36. The zero-order valence-electron chi connectivity index (χ0n) is 13.6. The molecule has 0 amide bonds. The van der Waals surface area contributed by atoms with Gasteiger partial charge in [0.2, 0.25) is 0 Å². The number of hydrogen-bond donors (Lipinski definition) is 2. The summed E-state index contributed by atoms with van der Waals surface area (Å²) in [6.45, 7) is 6.47. The number of aliphatic hydroxyl groups is 1. The molecule has 2 unspecified atom stereocenters. The van der Waals surface area contributed by atoms with E-state index in [-0.39, 0.29) is 11.5 Å². The molecule has 2 aliphatic heterocycles. The topological polar surface area (TPSA) is 39.3 Å². The summed E-state index contributed by atoms with van der Waals surface area (Å²) in [6.07, 6.45) is 4.16. The lowest BCUT2D eigenvalue weighted by Gasteiger charge is -2.49. The van der Waals surface area contributed by atoms with E-state index in [9.17, 15) is 5.11 Å². The van der Waals surface area contributed by atoms with Crippen molar-refractivity contribution in [3.8, 4) is 0 Å². The molecule has 1 saturated heterocycles. The van der Waals surface area contributed by atoms with Crippen LogP contribution in [-0.4, -0.2) is 34.2 Å². The number of piperidine rings is 1. The lowest BCUT2D eigenvalue weighted by atomic mass is 9.68. The number of aromatic amines is 1. The fourth-order valence-electron chi connectivity index (χ4n) is 4.72. The molecule has 3 heterocycles. The number of benzene rings is 1. The molecular formula is C19H26N2O. The lowest BCUT2D eigenvalue weighted by molar-refractivity contribution is -0.0446. The van der Waals surface area contributed by atoms with Crippen LogP contribution in [-0.2, 0) is 6.42 Å². The Hall–Kier alpha value is -1.32. The number of nitrogens with zero attached hydrogens (tertiary/aromatic N) is 1. The van der Waals surface area contributed by atoms with E-state index in [1.54, 1.807) is 0 Å². The lowest BCUT2D eigenvalue weighted by Crippen LogP contribution is -2.49. The number of nitrogens with one attached hydrogen (secondary N) is 1. The molecule has 0 aliphatic carbocycles. The summed E-state index contributed by atoms with van der Waals surface area (Å²) in [5, 5.41) is 11.8. The summed E-state index contributed by atoms with van der Waals surface area (Å²) in [5.41, 5.74) is 4.26. The largest absolute Gasteiger partial charge is 0.393 e. The van der Waals surface area contributed by atoms with Crippen LogP contribution in [0.2, 0.25) is 0 Å². The minimum atomic E-state index is -0.227. The maximum Gasteiger partial charge on any atom is 0.0569 e. The van der Waals surface area contributed by atoms with Crippen molar-refractivity contribution in [2.24, 2.45) is 5.41 Å². The van der Waals surface area contributed by atoms with Gasteiger partial charge in [0.15, 0.2) is 0 Å². The Morgan fingerprint density at radius 1 is 1.36 bits per heavy atom. The molecule has 3 nitrogen and oxygen atoms in total. The fraction of sp³-hybridized carbons (Fsp3) is 0.579. The number of aromatic nitrogens is 1. The van der Waals surface area contributed by atoms with Gasteiger partial charge in [0.05, 0.1) is 12.1 Å². The molecule has 22 heavy (non-hydrogen) atoms. The van der Waals surface area contributed by atoms with Gasteiger partial charge in [-0.15, -0.1) is 0 Å². The third kappa shape index (κ3) is 1.95. The van der Waals surface area contributed by atoms with Gasteiger partial charge >= 0.3 is 0 Å². The van der Waals surface area contributed by atoms with Gasteiger partial charge in [-0.1, -0.05) is 25.1 Å². The standard InChI is InChI=1S/C19H26N2O/c1-3-19(13(2)22)9-11-21-10-8-15-14-6-4-5-7-16(14)20-18(15)17(21)12-19/h4-7,13,17,20,22H,3,8-12H2,1-2H3/t13?,17-,19?/m0/s1. The number of fused-ring (bicyclic) bond motifs is 5. The van der Waals surface area contributed by atoms with E-state index < -0.39 is 0 Å². The molecule has 2 aliphatic rings. The highest BCUT2D eigenvalue weighted by molar-refractivity contribution is 5.85. The van der Waals surface area contributed by atoms with Crippen LogP contribution < -0.4 is 0 Å². The van der Waals surface area contributed by atoms with Crippen molar-refractivity contribution in [3.63, 3.8) is 0 Å². The molecule has 0 spiro atoms. The number of hydrogen-bond acceptors (Lipinski definition) is 2. The monoisotopic (exact) mass is 298 g/mol. The predicted molar refractivity (Wildman–Crippen MR) is 90.0 cm³/mol. The third-order valence-corrected chi connectivity index (χ3v) is 6.36. The Morgan fingerprint density at radius 2 is 2.18 bits per heavy atom. The normalized spacial score (nSPS) is 30.0. The molecule has 1 aromatic heterocycles. The Kier molecular flexibility index (Phi) is 3.31. The first-order valence-corrected chi connectivity index (χ1v) is 8.66. The summed E-state index contributed by atoms with van der Waals surface area (Å²) in [4.78, 5) is 6.31. The Labute approximate surface area is 132 Å². The number of aliphatic hydroxyl groups excluding tert-OH is 1. The fourth-order valence-corrected chi connectivity index (χ4v) is 4.72. The van der Waals surface area contributed by atoms with E-state index in [0.717, 1.165) is 38.8 Å². The van der Waals surface area contributed by atoms with Crippen LogP contribution in [0.3, 0.4) is 0 Å². The summed E-state index contributed by atoms with van der Waals surface area (Å²) in [7, 11) is 0. The van der Waals surface area contributed by atoms with Gasteiger partial charge in [0.25, 0.3) is 0 Å². The number of para-hydroxylation sites is 1. The van der Waals surface area contributed by atoms with Gasteiger partial charge in [0.1, 0.15) is 0 Å². The van der Waals surface area contributed by atoms with Gasteiger partial charge in [-0.2, -0.15) is 0 Å². The first kappa shape index (κ1) is 14.3. The van der Waals surface area contributed by atoms with Crippen LogP contribution in [0.1, 0.15) is 50.4 Å². The van der Waals surface area contributed by atoms with Crippen LogP contribution in [0.5, 0.6) is 0 Å². The second-order valence-electron chi connectivity index (χ2n) is 7.21. The van der Waals surface area contributed by atoms with Crippen molar-refractivity contribution in [3.05, 3.63) is 35.5 Å². The zero-order chi connectivity index (χ0) is 15.3. The molecule has 1 fully saturated rings. The van der Waals surface area contributed by atoms with Crippen molar-refractivity contribution in [2.45, 2.75) is 51.7 Å². The maximum absolute atomic E-state index is 10.4. The Morgan fingerprint density at radius 3 is 2.95 bits per heavy atom. The van der Waals surface area contributed by atoms with Crippen molar-refractivity contribution in [2.75, 3.05) is 13.1 Å². The molecule has 0 saturated carbocycles. The highest BCUT2D eigenvalue weighted by Crippen LogP contribution is 2.49. The van der Waals surface area contributed by atoms with Crippen LogP contribution in [0.15, 0.2) is 24.3 Å². The second kappa shape index (κ2) is 5.10. The van der Waals surface area contributed by atoms with Gasteiger partial charge in [-0.25, -0.2) is 0 Å². The molecule has 4 rings (SSSR count). The maximum atomic E-state index is 10.4. The van der Waals surface area contributed by atoms with E-state index in [2.05, 4.69) is 41.1 Å². The SMILES string of the molecule is CCC1(C(C)O)CCN2CCc3c([nH]c4ccccc34)[C@@H]2C1. The summed E-state index contributed by atoms with van der Waals surface area (Å²) >= 11 is 0. The zero-order valence-corrected chi connectivity index (χ0v) is 13.6. The van der Waals surface area contributed by atoms with Gasteiger partial charge < -0.3 is 10.1 Å². The minimum absolute atomic E-state index is 0.0765. The molecular weight excluding hydrogens is 272 g/mol. The van der Waals surface area contributed by atoms with Crippen molar-refractivity contribution in [1.82, 2.24) is 9.88 Å². The van der Waals surface area contributed by atoms with Crippen molar-refractivity contribution < 1.29 is 5.11 Å². The van der Waals surface area contributed by atoms with Crippen LogP contribution in [0.25, 0.3) is 10.9 Å². The van der Waals surface area contributed by atoms with Gasteiger partial charge in [-0.05, 0) is 56.2 Å². The predicted octanol–water partition coefficient (Wildman–Crippen LogP) is 3.64. The molecule has 1 aromatic carbocycles. The van der Waals surface area contributed by atoms with E-state index in [1.165, 1.54) is 22.2 Å². The van der Waals surface area contributed by atoms with E-state index in [1.807, 2.05) is 6.92 Å². The average molecular weight is 298 g/mol. The quantitative estimate of drug-likeness (QED) is 0.888. The molecule has 118 valence electrons. The summed E-state index contributed by atoms with van der Waals surface area (Å²) in [6, 6.07) is 9.11. The highest BCUT2D eigenvalue weighted by Gasteiger charge is 2.44. The molecule has 3 heteroatoms. The average Bonchev–Trinajstić information content (AvgIpc) is 2.93. The summed E-state index contributed by atoms with van der Waals surface area (Å²) in [5.74, 6) is 0. The van der Waals surface area contributed by atoms with Gasteiger partial charge in [0, 0.05) is 23.1 Å². The van der Waals surface area contributed by atoms with Crippen molar-refractivity contribution in [1.29, 1.82) is 0 Å². The number of H-pyrrole nitrogens is 1. The van der Waals surface area contributed by atoms with E-state index in [4.69, 9.17) is 0 Å². The number of rotatable bonds is 2. The Balaban J connectivity index is 1.78. The molecule has 2 N–H and O–H groups in total. The molecule has 3 atom stereocenters. The minimum Gasteiger partial charge on any atom is -0.393 e.